The molecule has 0 spiro atoms. The highest BCUT2D eigenvalue weighted by Crippen LogP contribution is 2.20. The molecule has 5 heteroatoms. The highest BCUT2D eigenvalue weighted by atomic mass is 32.1. The summed E-state index contributed by atoms with van der Waals surface area (Å²) in [5.74, 6) is 0. The number of hydrogen-bond donors (Lipinski definition) is 1. The molecule has 1 N–H and O–H groups in total. The molecule has 0 aliphatic heterocycles. The number of nitrogens with one attached hydrogen (secondary N) is 1. The zero-order valence-corrected chi connectivity index (χ0v) is 8.58. The minimum atomic E-state index is 0.754. The summed E-state index contributed by atoms with van der Waals surface area (Å²) in [6.45, 7) is 0.754. The van der Waals surface area contributed by atoms with Crippen LogP contribution in [0, 0.1) is 0 Å². The van der Waals surface area contributed by atoms with Gasteiger partial charge in [-0.2, -0.15) is 0 Å². The van der Waals surface area contributed by atoms with E-state index >= 15 is 0 Å². The average Bonchev–Trinajstić information content (AvgIpc) is 2.68. The van der Waals surface area contributed by atoms with Gasteiger partial charge in [0.2, 0.25) is 0 Å². The molecule has 0 saturated heterocycles. The smallest absolute Gasteiger partial charge is 0.166 e. The standard InChI is InChI=1S/C9H10N4S/c1-10-6-8-12-13-9(14-8)7-4-2-3-5-11-7/h2-5,10H,6H2,1H3. The van der Waals surface area contributed by atoms with Crippen molar-refractivity contribution in [2.45, 2.75) is 6.54 Å². The molecule has 0 aromatic carbocycles. The van der Waals surface area contributed by atoms with E-state index in [1.807, 2.05) is 25.2 Å². The van der Waals surface area contributed by atoms with Gasteiger partial charge in [-0.15, -0.1) is 10.2 Å². The van der Waals surface area contributed by atoms with Crippen molar-refractivity contribution in [3.05, 3.63) is 29.4 Å². The van der Waals surface area contributed by atoms with Crippen molar-refractivity contribution in [1.29, 1.82) is 0 Å². The van der Waals surface area contributed by atoms with Gasteiger partial charge in [0.1, 0.15) is 10.7 Å². The topological polar surface area (TPSA) is 50.7 Å². The monoisotopic (exact) mass is 206 g/mol. The maximum Gasteiger partial charge on any atom is 0.166 e. The third kappa shape index (κ3) is 1.94. The van der Waals surface area contributed by atoms with Crippen molar-refractivity contribution in [3.63, 3.8) is 0 Å². The Hall–Kier alpha value is -1.33. The van der Waals surface area contributed by atoms with E-state index in [-0.39, 0.29) is 0 Å². The van der Waals surface area contributed by atoms with E-state index in [9.17, 15) is 0 Å². The zero-order chi connectivity index (χ0) is 9.80. The first kappa shape index (κ1) is 9.23. The predicted octanol–water partition coefficient (Wildman–Crippen LogP) is 1.32. The fraction of sp³-hybridized carbons (Fsp3) is 0.222. The van der Waals surface area contributed by atoms with Crippen LogP contribution >= 0.6 is 11.3 Å². The summed E-state index contributed by atoms with van der Waals surface area (Å²) >= 11 is 1.56. The maximum absolute atomic E-state index is 4.21. The van der Waals surface area contributed by atoms with Crippen molar-refractivity contribution >= 4 is 11.3 Å². The van der Waals surface area contributed by atoms with Crippen LogP contribution in [0.25, 0.3) is 10.7 Å². The van der Waals surface area contributed by atoms with Crippen molar-refractivity contribution in [1.82, 2.24) is 20.5 Å². The van der Waals surface area contributed by atoms with Crippen LogP contribution in [0.4, 0.5) is 0 Å². The predicted molar refractivity (Wildman–Crippen MR) is 55.9 cm³/mol. The average molecular weight is 206 g/mol. The molecule has 0 bridgehead atoms. The molecule has 0 saturated carbocycles. The number of pyridine rings is 1. The summed E-state index contributed by atoms with van der Waals surface area (Å²) in [6.07, 6.45) is 1.76. The second-order valence-corrected chi connectivity index (χ2v) is 3.81. The Morgan fingerprint density at radius 2 is 2.29 bits per heavy atom. The molecule has 0 radical (unpaired) electrons. The molecule has 0 fully saturated rings. The molecule has 2 aromatic rings. The number of rotatable bonds is 3. The first-order valence-electron chi connectivity index (χ1n) is 4.28. The third-order valence-corrected chi connectivity index (χ3v) is 2.62. The summed E-state index contributed by atoms with van der Waals surface area (Å²) in [5, 5.41) is 13.0. The quantitative estimate of drug-likeness (QED) is 0.823. The Morgan fingerprint density at radius 1 is 1.36 bits per heavy atom. The van der Waals surface area contributed by atoms with Gasteiger partial charge in [0, 0.05) is 12.7 Å². The van der Waals surface area contributed by atoms with Gasteiger partial charge in [-0.05, 0) is 19.2 Å². The van der Waals surface area contributed by atoms with Crippen LogP contribution < -0.4 is 5.32 Å². The minimum absolute atomic E-state index is 0.754. The van der Waals surface area contributed by atoms with Crippen LogP contribution in [0.5, 0.6) is 0 Å². The lowest BCUT2D eigenvalue weighted by Crippen LogP contribution is -2.04. The van der Waals surface area contributed by atoms with E-state index in [4.69, 9.17) is 0 Å². The zero-order valence-electron chi connectivity index (χ0n) is 7.77. The van der Waals surface area contributed by atoms with Crippen LogP contribution in [-0.2, 0) is 6.54 Å². The molecular formula is C9H10N4S. The normalized spacial score (nSPS) is 10.4. The van der Waals surface area contributed by atoms with E-state index in [1.54, 1.807) is 17.5 Å². The lowest BCUT2D eigenvalue weighted by molar-refractivity contribution is 0.794. The van der Waals surface area contributed by atoms with Crippen LogP contribution in [0.15, 0.2) is 24.4 Å². The van der Waals surface area contributed by atoms with E-state index in [0.29, 0.717) is 0 Å². The van der Waals surface area contributed by atoms with Crippen molar-refractivity contribution in [2.24, 2.45) is 0 Å². The molecule has 2 rings (SSSR count). The van der Waals surface area contributed by atoms with Crippen LogP contribution in [0.2, 0.25) is 0 Å². The molecule has 0 unspecified atom stereocenters. The molecule has 4 nitrogen and oxygen atoms in total. The summed E-state index contributed by atoms with van der Waals surface area (Å²) in [5.41, 5.74) is 0.882. The number of aromatic nitrogens is 3. The van der Waals surface area contributed by atoms with E-state index in [0.717, 1.165) is 22.3 Å². The first-order chi connectivity index (χ1) is 6.90. The molecular weight excluding hydrogens is 196 g/mol. The van der Waals surface area contributed by atoms with Crippen molar-refractivity contribution < 1.29 is 0 Å². The minimum Gasteiger partial charge on any atom is -0.313 e. The Bertz CT molecular complexity index is 398. The summed E-state index contributed by atoms with van der Waals surface area (Å²) < 4.78 is 0. The Morgan fingerprint density at radius 3 is 3.00 bits per heavy atom. The second kappa shape index (κ2) is 4.26. The lowest BCUT2D eigenvalue weighted by Gasteiger charge is -1.91. The molecule has 0 atom stereocenters. The van der Waals surface area contributed by atoms with Crippen molar-refractivity contribution in [3.8, 4) is 10.7 Å². The van der Waals surface area contributed by atoms with Gasteiger partial charge in [-0.25, -0.2) is 0 Å². The van der Waals surface area contributed by atoms with E-state index in [2.05, 4.69) is 20.5 Å². The first-order valence-corrected chi connectivity index (χ1v) is 5.10. The van der Waals surface area contributed by atoms with Crippen molar-refractivity contribution in [2.75, 3.05) is 7.05 Å². The van der Waals surface area contributed by atoms with Gasteiger partial charge in [-0.1, -0.05) is 17.4 Å². The summed E-state index contributed by atoms with van der Waals surface area (Å²) in [4.78, 5) is 4.21. The van der Waals surface area contributed by atoms with Gasteiger partial charge in [-0.3, -0.25) is 4.98 Å². The van der Waals surface area contributed by atoms with Crippen LogP contribution in [-0.4, -0.2) is 22.2 Å². The molecule has 72 valence electrons. The third-order valence-electron chi connectivity index (χ3n) is 1.68. The van der Waals surface area contributed by atoms with Gasteiger partial charge in [0.25, 0.3) is 0 Å². The largest absolute Gasteiger partial charge is 0.313 e. The van der Waals surface area contributed by atoms with Crippen LogP contribution in [0.1, 0.15) is 5.01 Å². The summed E-state index contributed by atoms with van der Waals surface area (Å²) in [6, 6.07) is 5.77. The Balaban J connectivity index is 2.25. The van der Waals surface area contributed by atoms with Gasteiger partial charge in [0.05, 0.1) is 0 Å². The number of hydrogen-bond acceptors (Lipinski definition) is 5. The van der Waals surface area contributed by atoms with Gasteiger partial charge in [0.15, 0.2) is 5.01 Å². The van der Waals surface area contributed by atoms with Crippen LogP contribution in [0.3, 0.4) is 0 Å². The fourth-order valence-electron chi connectivity index (χ4n) is 1.07. The Kier molecular flexibility index (Phi) is 2.81. The fourth-order valence-corrected chi connectivity index (χ4v) is 1.90. The Labute approximate surface area is 86.0 Å². The van der Waals surface area contributed by atoms with E-state index < -0.39 is 0 Å². The molecule has 0 aliphatic carbocycles. The maximum atomic E-state index is 4.21. The highest BCUT2D eigenvalue weighted by Gasteiger charge is 2.05. The molecule has 14 heavy (non-hydrogen) atoms. The molecule has 0 amide bonds. The SMILES string of the molecule is CNCc1nnc(-c2ccccn2)s1. The molecule has 2 aromatic heterocycles. The lowest BCUT2D eigenvalue weighted by atomic mass is 10.4. The van der Waals surface area contributed by atoms with E-state index in [1.165, 1.54) is 0 Å². The van der Waals surface area contributed by atoms with Gasteiger partial charge < -0.3 is 5.32 Å². The number of nitrogens with zero attached hydrogens (tertiary/aromatic N) is 3. The molecule has 2 heterocycles. The molecule has 0 aliphatic rings. The highest BCUT2D eigenvalue weighted by molar-refractivity contribution is 7.14. The summed E-state index contributed by atoms with van der Waals surface area (Å²) in [7, 11) is 1.89. The second-order valence-electron chi connectivity index (χ2n) is 2.75. The van der Waals surface area contributed by atoms with Gasteiger partial charge >= 0.3 is 0 Å².